The number of para-hydroxylation sites is 1. The first-order chi connectivity index (χ1) is 11.0. The summed E-state index contributed by atoms with van der Waals surface area (Å²) in [6.45, 7) is 1.45. The number of methoxy groups -OCH3 is 1. The third-order valence-electron chi connectivity index (χ3n) is 3.09. The van der Waals surface area contributed by atoms with Gasteiger partial charge in [0.05, 0.1) is 7.11 Å². The number of ether oxygens (including phenoxy) is 2. The van der Waals surface area contributed by atoms with Crippen LogP contribution in [0.15, 0.2) is 48.5 Å². The van der Waals surface area contributed by atoms with Gasteiger partial charge < -0.3 is 14.8 Å². The number of rotatable bonds is 5. The van der Waals surface area contributed by atoms with Gasteiger partial charge >= 0.3 is 5.97 Å². The third kappa shape index (κ3) is 4.29. The largest absolute Gasteiger partial charge is 0.496 e. The topological polar surface area (TPSA) is 64.6 Å². The van der Waals surface area contributed by atoms with E-state index in [9.17, 15) is 14.0 Å². The predicted molar refractivity (Wildman–Crippen MR) is 82.9 cm³/mol. The highest BCUT2D eigenvalue weighted by Gasteiger charge is 2.21. The Morgan fingerprint density at radius 2 is 1.74 bits per heavy atom. The molecule has 1 unspecified atom stereocenters. The molecule has 6 heteroatoms. The Balaban J connectivity index is 2.00. The van der Waals surface area contributed by atoms with Crippen LogP contribution in [0, 0.1) is 5.82 Å². The Kier molecular flexibility index (Phi) is 5.30. The molecular weight excluding hydrogens is 301 g/mol. The van der Waals surface area contributed by atoms with E-state index in [0.29, 0.717) is 11.4 Å². The third-order valence-corrected chi connectivity index (χ3v) is 3.09. The smallest absolute Gasteiger partial charge is 0.342 e. The molecule has 2 rings (SSSR count). The summed E-state index contributed by atoms with van der Waals surface area (Å²) in [5.74, 6) is -1.22. The van der Waals surface area contributed by atoms with E-state index in [4.69, 9.17) is 9.47 Å². The van der Waals surface area contributed by atoms with Crippen LogP contribution < -0.4 is 10.1 Å². The van der Waals surface area contributed by atoms with Crippen molar-refractivity contribution < 1.29 is 23.5 Å². The quantitative estimate of drug-likeness (QED) is 0.861. The summed E-state index contributed by atoms with van der Waals surface area (Å²) < 4.78 is 23.0. The molecule has 0 bridgehead atoms. The number of esters is 1. The standard InChI is InChI=1S/C17H16FNO4/c1-11(16(20)19-13-9-7-12(18)8-10-13)23-17(21)14-5-3-4-6-15(14)22-2/h3-11H,1-2H3,(H,19,20). The highest BCUT2D eigenvalue weighted by atomic mass is 19.1. The van der Waals surface area contributed by atoms with Gasteiger partial charge in [-0.3, -0.25) is 4.79 Å². The molecule has 5 nitrogen and oxygen atoms in total. The van der Waals surface area contributed by atoms with Gasteiger partial charge in [0.2, 0.25) is 0 Å². The van der Waals surface area contributed by atoms with Gasteiger partial charge in [-0.1, -0.05) is 12.1 Å². The molecule has 0 radical (unpaired) electrons. The number of anilines is 1. The molecule has 2 aromatic rings. The van der Waals surface area contributed by atoms with Crippen molar-refractivity contribution in [3.8, 4) is 5.75 Å². The van der Waals surface area contributed by atoms with Crippen LogP contribution in [0.2, 0.25) is 0 Å². The number of benzene rings is 2. The minimum atomic E-state index is -1.02. The Hall–Kier alpha value is -2.89. The van der Waals surface area contributed by atoms with Gasteiger partial charge in [-0.2, -0.15) is 0 Å². The van der Waals surface area contributed by atoms with Gasteiger partial charge in [0, 0.05) is 5.69 Å². The molecule has 0 saturated carbocycles. The van der Waals surface area contributed by atoms with Crippen molar-refractivity contribution in [2.45, 2.75) is 13.0 Å². The van der Waals surface area contributed by atoms with E-state index >= 15 is 0 Å². The molecule has 1 atom stereocenters. The summed E-state index contributed by atoms with van der Waals surface area (Å²) in [5.41, 5.74) is 0.646. The number of halogens is 1. The number of carbonyl (C=O) groups excluding carboxylic acids is 2. The lowest BCUT2D eigenvalue weighted by atomic mass is 10.2. The van der Waals surface area contributed by atoms with Gasteiger partial charge in [0.15, 0.2) is 6.10 Å². The number of nitrogens with one attached hydrogen (secondary N) is 1. The molecule has 0 saturated heterocycles. The summed E-state index contributed by atoms with van der Waals surface area (Å²) in [6.07, 6.45) is -1.02. The fourth-order valence-corrected chi connectivity index (χ4v) is 1.87. The second-order valence-electron chi connectivity index (χ2n) is 4.74. The number of amides is 1. The molecule has 0 fully saturated rings. The normalized spacial score (nSPS) is 11.4. The fraction of sp³-hybridized carbons (Fsp3) is 0.176. The molecule has 0 aromatic heterocycles. The zero-order valence-corrected chi connectivity index (χ0v) is 12.7. The van der Waals surface area contributed by atoms with Crippen LogP contribution >= 0.6 is 0 Å². The van der Waals surface area contributed by atoms with E-state index in [2.05, 4.69) is 5.32 Å². The summed E-state index contributed by atoms with van der Waals surface area (Å²) in [5, 5.41) is 2.54. The highest BCUT2D eigenvalue weighted by Crippen LogP contribution is 2.19. The molecule has 0 spiro atoms. The van der Waals surface area contributed by atoms with Gasteiger partial charge in [0.1, 0.15) is 17.1 Å². The molecule has 0 aliphatic rings. The Labute approximate surface area is 133 Å². The second-order valence-corrected chi connectivity index (χ2v) is 4.74. The van der Waals surface area contributed by atoms with E-state index in [1.165, 1.54) is 38.3 Å². The first-order valence-electron chi connectivity index (χ1n) is 6.91. The van der Waals surface area contributed by atoms with Crippen molar-refractivity contribution in [1.29, 1.82) is 0 Å². The molecule has 0 aliphatic heterocycles. The van der Waals surface area contributed by atoms with Crippen molar-refractivity contribution in [3.63, 3.8) is 0 Å². The maximum Gasteiger partial charge on any atom is 0.342 e. The van der Waals surface area contributed by atoms with Crippen LogP contribution in [0.1, 0.15) is 17.3 Å². The molecular formula is C17H16FNO4. The van der Waals surface area contributed by atoms with E-state index in [1.807, 2.05) is 0 Å². The average molecular weight is 317 g/mol. The van der Waals surface area contributed by atoms with Crippen LogP contribution in [-0.2, 0) is 9.53 Å². The zero-order chi connectivity index (χ0) is 16.8. The van der Waals surface area contributed by atoms with Gasteiger partial charge in [-0.15, -0.1) is 0 Å². The SMILES string of the molecule is COc1ccccc1C(=O)OC(C)C(=O)Nc1ccc(F)cc1. The molecule has 120 valence electrons. The lowest BCUT2D eigenvalue weighted by Crippen LogP contribution is -2.30. The maximum absolute atomic E-state index is 12.8. The maximum atomic E-state index is 12.8. The number of carbonyl (C=O) groups is 2. The Bertz CT molecular complexity index is 700. The van der Waals surface area contributed by atoms with Gasteiger partial charge in [0.25, 0.3) is 5.91 Å². The Morgan fingerprint density at radius 1 is 1.09 bits per heavy atom. The highest BCUT2D eigenvalue weighted by molar-refractivity contribution is 5.98. The minimum absolute atomic E-state index is 0.233. The fourth-order valence-electron chi connectivity index (χ4n) is 1.87. The van der Waals surface area contributed by atoms with Crippen molar-refractivity contribution in [2.24, 2.45) is 0 Å². The lowest BCUT2D eigenvalue weighted by Gasteiger charge is -2.14. The number of hydrogen-bond acceptors (Lipinski definition) is 4. The monoisotopic (exact) mass is 317 g/mol. The van der Waals surface area contributed by atoms with Crippen LogP contribution in [0.3, 0.4) is 0 Å². The van der Waals surface area contributed by atoms with E-state index in [-0.39, 0.29) is 5.56 Å². The molecule has 1 N–H and O–H groups in total. The molecule has 0 aliphatic carbocycles. The molecule has 2 aromatic carbocycles. The van der Waals surface area contributed by atoms with E-state index in [1.54, 1.807) is 24.3 Å². The van der Waals surface area contributed by atoms with Gasteiger partial charge in [-0.05, 0) is 43.3 Å². The first kappa shape index (κ1) is 16.5. The van der Waals surface area contributed by atoms with Crippen molar-refractivity contribution in [1.82, 2.24) is 0 Å². The van der Waals surface area contributed by atoms with Crippen LogP contribution in [0.25, 0.3) is 0 Å². The van der Waals surface area contributed by atoms with Crippen LogP contribution in [-0.4, -0.2) is 25.1 Å². The average Bonchev–Trinajstić information content (AvgIpc) is 2.56. The van der Waals surface area contributed by atoms with E-state index < -0.39 is 23.8 Å². The summed E-state index contributed by atoms with van der Waals surface area (Å²) in [6, 6.07) is 11.8. The lowest BCUT2D eigenvalue weighted by molar-refractivity contribution is -0.123. The van der Waals surface area contributed by atoms with Crippen molar-refractivity contribution in [3.05, 3.63) is 59.9 Å². The molecule has 23 heavy (non-hydrogen) atoms. The Morgan fingerprint density at radius 3 is 2.39 bits per heavy atom. The second kappa shape index (κ2) is 7.40. The minimum Gasteiger partial charge on any atom is -0.496 e. The molecule has 0 heterocycles. The molecule has 1 amide bonds. The summed E-state index contributed by atoms with van der Waals surface area (Å²) in [4.78, 5) is 24.1. The van der Waals surface area contributed by atoms with Crippen molar-refractivity contribution >= 4 is 17.6 Å². The van der Waals surface area contributed by atoms with Crippen LogP contribution in [0.4, 0.5) is 10.1 Å². The van der Waals surface area contributed by atoms with E-state index in [0.717, 1.165) is 0 Å². The van der Waals surface area contributed by atoms with Crippen molar-refractivity contribution in [2.75, 3.05) is 12.4 Å². The summed E-state index contributed by atoms with van der Waals surface area (Å²) in [7, 11) is 1.44. The first-order valence-corrected chi connectivity index (χ1v) is 6.91. The summed E-state index contributed by atoms with van der Waals surface area (Å²) >= 11 is 0. The van der Waals surface area contributed by atoms with Gasteiger partial charge in [-0.25, -0.2) is 9.18 Å². The zero-order valence-electron chi connectivity index (χ0n) is 12.7. The predicted octanol–water partition coefficient (Wildman–Crippen LogP) is 3.02. The number of hydrogen-bond donors (Lipinski definition) is 1. The van der Waals surface area contributed by atoms with Crippen LogP contribution in [0.5, 0.6) is 5.75 Å².